The Labute approximate surface area is 106 Å². The second-order valence-corrected chi connectivity index (χ2v) is 2.65. The Bertz CT molecular complexity index is 254. The molecule has 0 aliphatic carbocycles. The molecule has 0 rings (SSSR count). The third-order valence-electron chi connectivity index (χ3n) is 0.862. The summed E-state index contributed by atoms with van der Waals surface area (Å²) in [4.78, 5) is 28.0. The van der Waals surface area contributed by atoms with E-state index in [1.54, 1.807) is 0 Å². The maximum absolute atomic E-state index is 9.62. The second-order valence-electron chi connectivity index (χ2n) is 2.65. The smallest absolute Gasteiger partial charge is 0.145 e. The van der Waals surface area contributed by atoms with Crippen LogP contribution >= 0.6 is 0 Å². The van der Waals surface area contributed by atoms with Crippen LogP contribution in [0.4, 0.5) is 0 Å². The molecule has 0 aromatic carbocycles. The number of hydrogen-bond donors (Lipinski definition) is 2. The van der Waals surface area contributed by atoms with Gasteiger partial charge in [-0.05, 0) is 26.1 Å². The highest BCUT2D eigenvalue weighted by molar-refractivity contribution is 5.64. The first-order valence-electron chi connectivity index (χ1n) is 4.92. The van der Waals surface area contributed by atoms with Gasteiger partial charge >= 0.3 is 0 Å². The molecular formula is C12H19NO5. The third-order valence-corrected chi connectivity index (χ3v) is 0.862. The topological polar surface area (TPSA) is 107 Å². The summed E-state index contributed by atoms with van der Waals surface area (Å²) in [5.41, 5.74) is 4.73. The molecule has 0 amide bonds. The van der Waals surface area contributed by atoms with E-state index in [-0.39, 0.29) is 6.10 Å². The summed E-state index contributed by atoms with van der Waals surface area (Å²) in [5, 5.41) is 7.65. The van der Waals surface area contributed by atoms with Crippen LogP contribution in [0, 0.1) is 0 Å². The Morgan fingerprint density at radius 1 is 1.00 bits per heavy atom. The molecule has 0 saturated heterocycles. The van der Waals surface area contributed by atoms with Gasteiger partial charge in [0.1, 0.15) is 18.9 Å². The molecule has 0 bridgehead atoms. The molecule has 0 saturated carbocycles. The van der Waals surface area contributed by atoms with Crippen molar-refractivity contribution in [2.45, 2.75) is 20.0 Å². The van der Waals surface area contributed by atoms with Crippen molar-refractivity contribution < 1.29 is 24.2 Å². The van der Waals surface area contributed by atoms with Gasteiger partial charge in [0.05, 0.1) is 18.6 Å². The van der Waals surface area contributed by atoms with E-state index in [2.05, 4.69) is 0 Å². The maximum atomic E-state index is 9.62. The first-order chi connectivity index (χ1) is 8.60. The second kappa shape index (κ2) is 24.1. The Hall–Kier alpha value is -2.37. The van der Waals surface area contributed by atoms with E-state index in [0.29, 0.717) is 25.1 Å². The molecule has 6 nitrogen and oxygen atoms in total. The van der Waals surface area contributed by atoms with E-state index in [4.69, 9.17) is 20.4 Å². The standard InChI is InChI=1S/C6H10O2.C3H5NO.C3H4O2/c1-6(2)8-5-3-4-7;2*4-2-1-3-5/h3-6H,1-2H3;1-3H,4H2;1-4H/b5-3-;2*2-1-. The molecule has 6 heteroatoms. The minimum absolute atomic E-state index is 0.159. The number of allylic oxidation sites excluding steroid dienone is 3. The summed E-state index contributed by atoms with van der Waals surface area (Å²) in [6.45, 7) is 3.80. The molecule has 0 radical (unpaired) electrons. The van der Waals surface area contributed by atoms with Crippen LogP contribution in [-0.4, -0.2) is 30.1 Å². The molecule has 3 N–H and O–H groups in total. The lowest BCUT2D eigenvalue weighted by Crippen LogP contribution is -1.94. The minimum Gasteiger partial charge on any atom is -0.515 e. The van der Waals surface area contributed by atoms with Gasteiger partial charge in [-0.1, -0.05) is 0 Å². The molecule has 0 aromatic heterocycles. The fourth-order valence-corrected chi connectivity index (χ4v) is 0.315. The van der Waals surface area contributed by atoms with Gasteiger partial charge in [0, 0.05) is 12.2 Å². The van der Waals surface area contributed by atoms with Crippen LogP contribution in [0.3, 0.4) is 0 Å². The van der Waals surface area contributed by atoms with Crippen molar-refractivity contribution in [2.24, 2.45) is 5.73 Å². The average Bonchev–Trinajstić information content (AvgIpc) is 2.33. The van der Waals surface area contributed by atoms with Gasteiger partial charge in [-0.25, -0.2) is 0 Å². The number of aliphatic hydroxyl groups excluding tert-OH is 1. The molecule has 0 heterocycles. The van der Waals surface area contributed by atoms with Gasteiger partial charge < -0.3 is 15.6 Å². The first-order valence-corrected chi connectivity index (χ1v) is 4.92. The van der Waals surface area contributed by atoms with Crippen LogP contribution in [0.1, 0.15) is 13.8 Å². The van der Waals surface area contributed by atoms with Gasteiger partial charge in [0.15, 0.2) is 0 Å². The molecule has 0 fully saturated rings. The van der Waals surface area contributed by atoms with Gasteiger partial charge in [-0.3, -0.25) is 14.4 Å². The van der Waals surface area contributed by atoms with Crippen LogP contribution in [0.5, 0.6) is 0 Å². The summed E-state index contributed by atoms with van der Waals surface area (Å²) in [6, 6.07) is 0. The van der Waals surface area contributed by atoms with E-state index < -0.39 is 0 Å². The zero-order valence-corrected chi connectivity index (χ0v) is 10.4. The summed E-state index contributed by atoms with van der Waals surface area (Å²) < 4.78 is 4.87. The molecule has 0 aliphatic heterocycles. The minimum atomic E-state index is 0.159. The molecule has 0 spiro atoms. The molecule has 18 heavy (non-hydrogen) atoms. The Balaban J connectivity index is -0.000000197. The quantitative estimate of drug-likeness (QED) is 0.433. The zero-order chi connectivity index (χ0) is 14.6. The Morgan fingerprint density at radius 2 is 1.50 bits per heavy atom. The molecule has 0 aliphatic rings. The monoisotopic (exact) mass is 257 g/mol. The fourth-order valence-electron chi connectivity index (χ4n) is 0.315. The average molecular weight is 257 g/mol. The number of rotatable bonds is 5. The zero-order valence-electron chi connectivity index (χ0n) is 10.4. The van der Waals surface area contributed by atoms with Crippen LogP contribution in [0.2, 0.25) is 0 Å². The normalized spacial score (nSPS) is 9.50. The van der Waals surface area contributed by atoms with Crippen molar-refractivity contribution in [3.05, 3.63) is 37.0 Å². The van der Waals surface area contributed by atoms with Crippen molar-refractivity contribution in [3.8, 4) is 0 Å². The first kappa shape index (κ1) is 21.0. The summed E-state index contributed by atoms with van der Waals surface area (Å²) in [5.74, 6) is 0. The lowest BCUT2D eigenvalue weighted by atomic mass is 10.5. The van der Waals surface area contributed by atoms with Crippen molar-refractivity contribution in [1.82, 2.24) is 0 Å². The predicted octanol–water partition coefficient (Wildman–Crippen LogP) is 1.04. The van der Waals surface area contributed by atoms with Gasteiger partial charge in [0.25, 0.3) is 0 Å². The SMILES string of the molecule is CC(C)O/C=C\C=O.N/C=C\C=O.O=C/C=C\O. The number of aldehydes is 3. The van der Waals surface area contributed by atoms with Crippen LogP contribution in [0.15, 0.2) is 37.0 Å². The van der Waals surface area contributed by atoms with Gasteiger partial charge in [-0.2, -0.15) is 0 Å². The number of carbonyl (C=O) groups is 3. The highest BCUT2D eigenvalue weighted by atomic mass is 16.5. The Morgan fingerprint density at radius 3 is 1.67 bits per heavy atom. The fraction of sp³-hybridized carbons (Fsp3) is 0.250. The summed E-state index contributed by atoms with van der Waals surface area (Å²) in [6.07, 6.45) is 8.77. The number of ether oxygens (including phenoxy) is 1. The highest BCUT2D eigenvalue weighted by Gasteiger charge is 1.83. The predicted molar refractivity (Wildman–Crippen MR) is 68.6 cm³/mol. The van der Waals surface area contributed by atoms with E-state index in [9.17, 15) is 9.59 Å². The summed E-state index contributed by atoms with van der Waals surface area (Å²) >= 11 is 0. The third kappa shape index (κ3) is 49.5. The maximum Gasteiger partial charge on any atom is 0.145 e. The Kier molecular flexibility index (Phi) is 28.0. The van der Waals surface area contributed by atoms with E-state index in [1.165, 1.54) is 24.6 Å². The molecular weight excluding hydrogens is 238 g/mol. The van der Waals surface area contributed by atoms with Crippen molar-refractivity contribution in [2.75, 3.05) is 0 Å². The molecule has 0 aromatic rings. The lowest BCUT2D eigenvalue weighted by Gasteiger charge is -2.00. The van der Waals surface area contributed by atoms with Crippen molar-refractivity contribution in [3.63, 3.8) is 0 Å². The lowest BCUT2D eigenvalue weighted by molar-refractivity contribution is -0.105. The number of hydrogen-bond acceptors (Lipinski definition) is 6. The van der Waals surface area contributed by atoms with Crippen molar-refractivity contribution in [1.29, 1.82) is 0 Å². The van der Waals surface area contributed by atoms with Crippen LogP contribution in [0.25, 0.3) is 0 Å². The number of nitrogens with two attached hydrogens (primary N) is 1. The van der Waals surface area contributed by atoms with E-state index in [1.807, 2.05) is 13.8 Å². The van der Waals surface area contributed by atoms with Gasteiger partial charge in [0.2, 0.25) is 0 Å². The number of aliphatic hydroxyl groups is 1. The van der Waals surface area contributed by atoms with Crippen molar-refractivity contribution >= 4 is 18.9 Å². The molecule has 0 atom stereocenters. The number of carbonyl (C=O) groups excluding carboxylic acids is 3. The van der Waals surface area contributed by atoms with E-state index >= 15 is 0 Å². The largest absolute Gasteiger partial charge is 0.515 e. The summed E-state index contributed by atoms with van der Waals surface area (Å²) in [7, 11) is 0. The van der Waals surface area contributed by atoms with Crippen LogP contribution in [-0.2, 0) is 19.1 Å². The molecule has 0 unspecified atom stereocenters. The van der Waals surface area contributed by atoms with E-state index in [0.717, 1.165) is 6.08 Å². The van der Waals surface area contributed by atoms with Crippen LogP contribution < -0.4 is 5.73 Å². The van der Waals surface area contributed by atoms with Gasteiger partial charge in [-0.15, -0.1) is 0 Å². The molecule has 102 valence electrons. The highest BCUT2D eigenvalue weighted by Crippen LogP contribution is 1.85.